The van der Waals surface area contributed by atoms with Gasteiger partial charge in [-0.1, -0.05) is 0 Å². The monoisotopic (exact) mass is 267 g/mol. The van der Waals surface area contributed by atoms with Crippen LogP contribution in [0.3, 0.4) is 0 Å². The zero-order valence-corrected chi connectivity index (χ0v) is 11.5. The number of aliphatic carboxylic acids is 1. The van der Waals surface area contributed by atoms with Crippen LogP contribution in [-0.2, 0) is 9.59 Å². The van der Waals surface area contributed by atoms with Gasteiger partial charge < -0.3 is 10.4 Å². The minimum absolute atomic E-state index is 0.276. The number of hydrogen-bond acceptors (Lipinski definition) is 3. The second kappa shape index (κ2) is 6.35. The van der Waals surface area contributed by atoms with Crippen LogP contribution in [0.5, 0.6) is 0 Å². The van der Waals surface area contributed by atoms with Crippen molar-refractivity contribution in [2.24, 2.45) is 5.92 Å². The van der Waals surface area contributed by atoms with Crippen LogP contribution in [0.2, 0.25) is 0 Å². The number of carbonyl (C=O) groups excluding carboxylic acids is 1. The molecule has 2 N–H and O–H groups in total. The molecule has 0 saturated carbocycles. The molecule has 0 spiro atoms. The summed E-state index contributed by atoms with van der Waals surface area (Å²) in [5, 5.41) is 11.4. The molecule has 1 heterocycles. The van der Waals surface area contributed by atoms with Crippen molar-refractivity contribution in [3.05, 3.63) is 28.0 Å². The zero-order valence-electron chi connectivity index (χ0n) is 10.6. The van der Waals surface area contributed by atoms with Gasteiger partial charge in [0.2, 0.25) is 5.91 Å². The van der Waals surface area contributed by atoms with Crippen LogP contribution in [0.25, 0.3) is 6.08 Å². The van der Waals surface area contributed by atoms with Crippen LogP contribution in [0.4, 0.5) is 0 Å². The van der Waals surface area contributed by atoms with Crippen molar-refractivity contribution in [2.75, 3.05) is 0 Å². The summed E-state index contributed by atoms with van der Waals surface area (Å²) in [5.74, 6) is -1.80. The Morgan fingerprint density at radius 1 is 1.39 bits per heavy atom. The number of carbonyl (C=O) groups is 2. The van der Waals surface area contributed by atoms with Gasteiger partial charge in [-0.2, -0.15) is 0 Å². The molecule has 0 aliphatic rings. The molecule has 2 atom stereocenters. The summed E-state index contributed by atoms with van der Waals surface area (Å²) >= 11 is 1.60. The minimum Gasteiger partial charge on any atom is -0.481 e. The van der Waals surface area contributed by atoms with Gasteiger partial charge >= 0.3 is 5.97 Å². The summed E-state index contributed by atoms with van der Waals surface area (Å²) in [5.41, 5.74) is 0. The van der Waals surface area contributed by atoms with Crippen LogP contribution in [0.1, 0.15) is 23.6 Å². The molecule has 0 aliphatic carbocycles. The van der Waals surface area contributed by atoms with Crippen molar-refractivity contribution in [1.29, 1.82) is 0 Å². The van der Waals surface area contributed by atoms with Crippen LogP contribution in [-0.4, -0.2) is 23.0 Å². The SMILES string of the molecule is Cc1ccc(/C=C/C(=O)NC(C)C(C)C(=O)O)s1. The molecule has 0 aromatic carbocycles. The number of aryl methyl sites for hydroxylation is 1. The molecule has 5 heteroatoms. The lowest BCUT2D eigenvalue weighted by Gasteiger charge is -2.16. The Labute approximate surface area is 110 Å². The molecule has 98 valence electrons. The van der Waals surface area contributed by atoms with Crippen LogP contribution in [0, 0.1) is 12.8 Å². The lowest BCUT2D eigenvalue weighted by Crippen LogP contribution is -2.39. The molecular weight excluding hydrogens is 250 g/mol. The fourth-order valence-electron chi connectivity index (χ4n) is 1.31. The number of hydrogen-bond donors (Lipinski definition) is 2. The predicted molar refractivity (Wildman–Crippen MR) is 72.5 cm³/mol. The zero-order chi connectivity index (χ0) is 13.7. The van der Waals surface area contributed by atoms with Crippen LogP contribution >= 0.6 is 11.3 Å². The molecular formula is C13H17NO3S. The van der Waals surface area contributed by atoms with E-state index in [1.807, 2.05) is 19.1 Å². The Bertz CT molecular complexity index is 465. The first-order valence-corrected chi connectivity index (χ1v) is 6.49. The van der Waals surface area contributed by atoms with E-state index >= 15 is 0 Å². The average Bonchev–Trinajstić information content (AvgIpc) is 2.71. The van der Waals surface area contributed by atoms with Gasteiger partial charge in [-0.3, -0.25) is 9.59 Å². The third-order valence-corrected chi connectivity index (χ3v) is 3.64. The summed E-state index contributed by atoms with van der Waals surface area (Å²) in [7, 11) is 0. The van der Waals surface area contributed by atoms with Gasteiger partial charge in [-0.15, -0.1) is 11.3 Å². The van der Waals surface area contributed by atoms with E-state index in [0.717, 1.165) is 4.88 Å². The summed E-state index contributed by atoms with van der Waals surface area (Å²) in [6.07, 6.45) is 3.15. The lowest BCUT2D eigenvalue weighted by molar-refractivity contribution is -0.142. The second-order valence-corrected chi connectivity index (χ2v) is 5.53. The lowest BCUT2D eigenvalue weighted by atomic mass is 10.0. The van der Waals surface area contributed by atoms with Crippen molar-refractivity contribution in [2.45, 2.75) is 26.8 Å². The van der Waals surface area contributed by atoms with E-state index in [2.05, 4.69) is 5.32 Å². The molecule has 18 heavy (non-hydrogen) atoms. The summed E-state index contributed by atoms with van der Waals surface area (Å²) in [6.45, 7) is 5.25. The van der Waals surface area contributed by atoms with Gasteiger partial charge in [0.15, 0.2) is 0 Å². The van der Waals surface area contributed by atoms with Crippen molar-refractivity contribution in [3.8, 4) is 0 Å². The molecule has 1 aromatic heterocycles. The Morgan fingerprint density at radius 2 is 2.06 bits per heavy atom. The van der Waals surface area contributed by atoms with Crippen LogP contribution in [0.15, 0.2) is 18.2 Å². The van der Waals surface area contributed by atoms with Gasteiger partial charge in [0, 0.05) is 21.9 Å². The van der Waals surface area contributed by atoms with Gasteiger partial charge in [0.25, 0.3) is 0 Å². The number of rotatable bonds is 5. The molecule has 0 fully saturated rings. The van der Waals surface area contributed by atoms with Gasteiger partial charge in [0.05, 0.1) is 5.92 Å². The molecule has 0 radical (unpaired) electrons. The van der Waals surface area contributed by atoms with E-state index in [4.69, 9.17) is 5.11 Å². The fourth-order valence-corrected chi connectivity index (χ4v) is 2.09. The first-order chi connectivity index (χ1) is 8.40. The highest BCUT2D eigenvalue weighted by Crippen LogP contribution is 2.16. The number of carboxylic acids is 1. The molecule has 1 aromatic rings. The Kier molecular flexibility index (Phi) is 5.09. The predicted octanol–water partition coefficient (Wildman–Crippen LogP) is 2.30. The average molecular weight is 267 g/mol. The molecule has 1 rings (SSSR count). The normalized spacial score (nSPS) is 14.4. The van der Waals surface area contributed by atoms with Gasteiger partial charge in [0.1, 0.15) is 0 Å². The maximum absolute atomic E-state index is 11.6. The highest BCUT2D eigenvalue weighted by atomic mass is 32.1. The minimum atomic E-state index is -0.916. The Hall–Kier alpha value is -1.62. The quantitative estimate of drug-likeness (QED) is 0.804. The van der Waals surface area contributed by atoms with E-state index in [-0.39, 0.29) is 5.91 Å². The molecule has 2 unspecified atom stereocenters. The molecule has 0 bridgehead atoms. The van der Waals surface area contributed by atoms with Crippen molar-refractivity contribution < 1.29 is 14.7 Å². The molecule has 1 amide bonds. The number of carboxylic acid groups (broad SMARTS) is 1. The van der Waals surface area contributed by atoms with E-state index in [1.165, 1.54) is 11.0 Å². The van der Waals surface area contributed by atoms with E-state index in [1.54, 1.807) is 31.3 Å². The first-order valence-electron chi connectivity index (χ1n) is 5.68. The Morgan fingerprint density at radius 3 is 2.56 bits per heavy atom. The third kappa shape index (κ3) is 4.33. The van der Waals surface area contributed by atoms with E-state index < -0.39 is 17.9 Å². The number of nitrogens with one attached hydrogen (secondary N) is 1. The maximum atomic E-state index is 11.6. The maximum Gasteiger partial charge on any atom is 0.308 e. The van der Waals surface area contributed by atoms with Crippen LogP contribution < -0.4 is 5.32 Å². The fraction of sp³-hybridized carbons (Fsp3) is 0.385. The van der Waals surface area contributed by atoms with E-state index in [9.17, 15) is 9.59 Å². The topological polar surface area (TPSA) is 66.4 Å². The summed E-state index contributed by atoms with van der Waals surface area (Å²) in [4.78, 5) is 24.5. The second-order valence-electron chi connectivity index (χ2n) is 4.21. The van der Waals surface area contributed by atoms with E-state index in [0.29, 0.717) is 0 Å². The summed E-state index contributed by atoms with van der Waals surface area (Å²) in [6, 6.07) is 3.52. The Balaban J connectivity index is 2.51. The number of amides is 1. The first kappa shape index (κ1) is 14.4. The molecule has 4 nitrogen and oxygen atoms in total. The largest absolute Gasteiger partial charge is 0.481 e. The highest BCUT2D eigenvalue weighted by molar-refractivity contribution is 7.12. The standard InChI is InChI=1S/C13H17NO3S/c1-8-4-5-11(18-8)6-7-12(15)14-10(3)9(2)13(16)17/h4-7,9-10H,1-3H3,(H,14,15)(H,16,17)/b7-6+. The van der Waals surface area contributed by atoms with Crippen molar-refractivity contribution in [3.63, 3.8) is 0 Å². The smallest absolute Gasteiger partial charge is 0.308 e. The number of thiophene rings is 1. The molecule has 0 aliphatic heterocycles. The van der Waals surface area contributed by atoms with Gasteiger partial charge in [-0.05, 0) is 39.0 Å². The van der Waals surface area contributed by atoms with Gasteiger partial charge in [-0.25, -0.2) is 0 Å². The highest BCUT2D eigenvalue weighted by Gasteiger charge is 2.19. The summed E-state index contributed by atoms with van der Waals surface area (Å²) < 4.78 is 0. The van der Waals surface area contributed by atoms with Crippen molar-refractivity contribution >= 4 is 29.3 Å². The third-order valence-electron chi connectivity index (χ3n) is 2.67. The molecule has 0 saturated heterocycles. The van der Waals surface area contributed by atoms with Crippen molar-refractivity contribution in [1.82, 2.24) is 5.32 Å².